The van der Waals surface area contributed by atoms with E-state index in [-0.39, 0.29) is 30.4 Å². The molecule has 0 spiro atoms. The Bertz CT molecular complexity index is 1080. The number of hydrogen-bond acceptors (Lipinski definition) is 6. The second-order valence-electron chi connectivity index (χ2n) is 10.4. The first-order valence-corrected chi connectivity index (χ1v) is 13.0. The third-order valence-corrected chi connectivity index (χ3v) is 5.97. The van der Waals surface area contributed by atoms with Gasteiger partial charge in [-0.1, -0.05) is 102 Å². The largest absolute Gasteiger partial charge is 0.449 e. The van der Waals surface area contributed by atoms with Gasteiger partial charge in [0.1, 0.15) is 17.9 Å². The van der Waals surface area contributed by atoms with E-state index in [0.717, 1.165) is 12.0 Å². The molecule has 8 heteroatoms. The van der Waals surface area contributed by atoms with E-state index >= 15 is 0 Å². The molecule has 0 bridgehead atoms. The van der Waals surface area contributed by atoms with Crippen LogP contribution in [0.2, 0.25) is 0 Å². The van der Waals surface area contributed by atoms with Crippen molar-refractivity contribution in [1.29, 1.82) is 5.26 Å². The standard InChI is InChI=1S/C30H40N4O4/c1-6-30(4,5)17-26(28(35)32-25(18-31)21-37-20-23-13-9-7-10-14-23)33-27(24-15-11-8-12-16-24)34-29(36)38-19-22(2)3/h7-16,22,25-26H,6,17,19-21H2,1-5H3,(H,32,35)(H,33,34,36)/t25-,26+/m1/s1. The minimum absolute atomic E-state index is 0.0378. The van der Waals surface area contributed by atoms with Gasteiger partial charge in [0.25, 0.3) is 0 Å². The van der Waals surface area contributed by atoms with Crippen molar-refractivity contribution in [3.05, 3.63) is 71.8 Å². The summed E-state index contributed by atoms with van der Waals surface area (Å²) in [5.41, 5.74) is 1.41. The summed E-state index contributed by atoms with van der Waals surface area (Å²) in [5, 5.41) is 15.2. The van der Waals surface area contributed by atoms with E-state index < -0.39 is 24.1 Å². The molecule has 0 unspecified atom stereocenters. The lowest BCUT2D eigenvalue weighted by atomic mass is 9.83. The predicted molar refractivity (Wildman–Crippen MR) is 148 cm³/mol. The number of alkyl carbamates (subject to hydrolysis) is 1. The summed E-state index contributed by atoms with van der Waals surface area (Å²) in [5.74, 6) is 0.00109. The van der Waals surface area contributed by atoms with Gasteiger partial charge in [-0.3, -0.25) is 15.1 Å². The minimum Gasteiger partial charge on any atom is -0.449 e. The summed E-state index contributed by atoms with van der Waals surface area (Å²) < 4.78 is 11.0. The molecule has 8 nitrogen and oxygen atoms in total. The molecule has 2 amide bonds. The molecule has 38 heavy (non-hydrogen) atoms. The Morgan fingerprint density at radius 2 is 1.66 bits per heavy atom. The van der Waals surface area contributed by atoms with Crippen LogP contribution in [0.15, 0.2) is 65.7 Å². The highest BCUT2D eigenvalue weighted by Crippen LogP contribution is 2.28. The maximum absolute atomic E-state index is 13.4. The van der Waals surface area contributed by atoms with Crippen molar-refractivity contribution in [2.45, 2.75) is 66.2 Å². The van der Waals surface area contributed by atoms with Gasteiger partial charge in [-0.15, -0.1) is 0 Å². The summed E-state index contributed by atoms with van der Waals surface area (Å²) in [6.45, 7) is 10.7. The van der Waals surface area contributed by atoms with Gasteiger partial charge >= 0.3 is 6.09 Å². The van der Waals surface area contributed by atoms with Crippen molar-refractivity contribution in [1.82, 2.24) is 10.6 Å². The molecule has 0 heterocycles. The second-order valence-corrected chi connectivity index (χ2v) is 10.4. The third-order valence-electron chi connectivity index (χ3n) is 5.97. The first-order chi connectivity index (χ1) is 18.1. The molecule has 0 aliphatic rings. The lowest BCUT2D eigenvalue weighted by Gasteiger charge is -2.27. The van der Waals surface area contributed by atoms with Crippen LogP contribution in [-0.2, 0) is 20.9 Å². The Morgan fingerprint density at radius 1 is 1.03 bits per heavy atom. The van der Waals surface area contributed by atoms with Crippen molar-refractivity contribution in [3.8, 4) is 6.07 Å². The summed E-state index contributed by atoms with van der Waals surface area (Å²) in [4.78, 5) is 30.7. The molecule has 2 aromatic rings. The quantitative estimate of drug-likeness (QED) is 0.277. The number of ether oxygens (including phenoxy) is 2. The van der Waals surface area contributed by atoms with Crippen molar-refractivity contribution in [2.75, 3.05) is 13.2 Å². The minimum atomic E-state index is -0.851. The number of amides is 2. The molecule has 0 fully saturated rings. The van der Waals surface area contributed by atoms with E-state index in [1.165, 1.54) is 0 Å². The van der Waals surface area contributed by atoms with Crippen LogP contribution >= 0.6 is 0 Å². The maximum Gasteiger partial charge on any atom is 0.412 e. The number of aliphatic imine (C=N–C) groups is 1. The van der Waals surface area contributed by atoms with Crippen molar-refractivity contribution in [3.63, 3.8) is 0 Å². The molecule has 204 valence electrons. The van der Waals surface area contributed by atoms with Crippen LogP contribution < -0.4 is 10.6 Å². The zero-order valence-corrected chi connectivity index (χ0v) is 23.1. The number of benzene rings is 2. The van der Waals surface area contributed by atoms with Crippen LogP contribution in [0.3, 0.4) is 0 Å². The Balaban J connectivity index is 2.24. The predicted octanol–water partition coefficient (Wildman–Crippen LogP) is 5.24. The first kappa shape index (κ1) is 30.5. The Kier molecular flexibility index (Phi) is 12.5. The fourth-order valence-corrected chi connectivity index (χ4v) is 3.42. The Labute approximate surface area is 226 Å². The highest BCUT2D eigenvalue weighted by Gasteiger charge is 2.29. The fourth-order valence-electron chi connectivity index (χ4n) is 3.42. The topological polar surface area (TPSA) is 113 Å². The average Bonchev–Trinajstić information content (AvgIpc) is 2.91. The number of rotatable bonds is 13. The van der Waals surface area contributed by atoms with E-state index in [2.05, 4.69) is 30.6 Å². The maximum atomic E-state index is 13.4. The van der Waals surface area contributed by atoms with E-state index in [9.17, 15) is 14.9 Å². The Hall–Kier alpha value is -3.70. The van der Waals surface area contributed by atoms with Gasteiger partial charge in [0.15, 0.2) is 0 Å². The first-order valence-electron chi connectivity index (χ1n) is 13.0. The van der Waals surface area contributed by atoms with Crippen LogP contribution in [0.1, 0.15) is 58.6 Å². The van der Waals surface area contributed by atoms with Gasteiger partial charge in [-0.2, -0.15) is 5.26 Å². The molecule has 0 aliphatic heterocycles. The average molecular weight is 521 g/mol. The number of amidine groups is 1. The zero-order valence-electron chi connectivity index (χ0n) is 23.1. The molecule has 0 saturated heterocycles. The molecule has 2 N–H and O–H groups in total. The fraction of sp³-hybridized carbons (Fsp3) is 0.467. The van der Waals surface area contributed by atoms with Crippen molar-refractivity contribution < 1.29 is 19.1 Å². The highest BCUT2D eigenvalue weighted by atomic mass is 16.5. The monoisotopic (exact) mass is 520 g/mol. The van der Waals surface area contributed by atoms with Crippen LogP contribution in [0, 0.1) is 22.7 Å². The summed E-state index contributed by atoms with van der Waals surface area (Å²) in [7, 11) is 0. The summed E-state index contributed by atoms with van der Waals surface area (Å²) in [6.07, 6.45) is 0.593. The summed E-state index contributed by atoms with van der Waals surface area (Å²) >= 11 is 0. The smallest absolute Gasteiger partial charge is 0.412 e. The van der Waals surface area contributed by atoms with E-state index in [1.807, 2.05) is 69.3 Å². The van der Waals surface area contributed by atoms with Crippen LogP contribution in [-0.4, -0.2) is 43.1 Å². The third kappa shape index (κ3) is 11.1. The molecule has 2 rings (SSSR count). The Morgan fingerprint density at radius 3 is 2.24 bits per heavy atom. The number of nitriles is 1. The van der Waals surface area contributed by atoms with E-state index in [0.29, 0.717) is 18.6 Å². The van der Waals surface area contributed by atoms with Crippen LogP contribution in [0.25, 0.3) is 0 Å². The van der Waals surface area contributed by atoms with Crippen molar-refractivity contribution >= 4 is 17.8 Å². The highest BCUT2D eigenvalue weighted by molar-refractivity contribution is 6.07. The lowest BCUT2D eigenvalue weighted by molar-refractivity contribution is -0.123. The summed E-state index contributed by atoms with van der Waals surface area (Å²) in [6, 6.07) is 19.1. The van der Waals surface area contributed by atoms with Crippen molar-refractivity contribution in [2.24, 2.45) is 16.3 Å². The molecule has 0 saturated carbocycles. The normalized spacial score (nSPS) is 13.3. The molecular formula is C30H40N4O4. The molecule has 0 aliphatic carbocycles. The SMILES string of the molecule is CCC(C)(C)C[C@H](N=C(NC(=O)OCC(C)C)c1ccccc1)C(=O)N[C@H](C#N)COCc1ccccc1. The number of carbonyl (C=O) groups excluding carboxylic acids is 2. The van der Waals surface area contributed by atoms with Gasteiger partial charge in [0, 0.05) is 5.56 Å². The van der Waals surface area contributed by atoms with Crippen LogP contribution in [0.5, 0.6) is 0 Å². The molecule has 0 aromatic heterocycles. The van der Waals surface area contributed by atoms with Gasteiger partial charge in [-0.05, 0) is 23.3 Å². The van der Waals surface area contributed by atoms with Gasteiger partial charge < -0.3 is 14.8 Å². The molecule has 2 atom stereocenters. The number of carbonyl (C=O) groups is 2. The molecule has 2 aromatic carbocycles. The lowest BCUT2D eigenvalue weighted by Crippen LogP contribution is -2.45. The van der Waals surface area contributed by atoms with Gasteiger partial charge in [-0.25, -0.2) is 4.79 Å². The number of nitrogens with one attached hydrogen (secondary N) is 2. The van der Waals surface area contributed by atoms with Gasteiger partial charge in [0.05, 0.1) is 25.9 Å². The second kappa shape index (κ2) is 15.5. The van der Waals surface area contributed by atoms with E-state index in [4.69, 9.17) is 14.5 Å². The van der Waals surface area contributed by atoms with Gasteiger partial charge in [0.2, 0.25) is 5.91 Å². The number of hydrogen-bond donors (Lipinski definition) is 2. The van der Waals surface area contributed by atoms with E-state index in [1.54, 1.807) is 12.1 Å². The number of nitrogens with zero attached hydrogens (tertiary/aromatic N) is 2. The van der Waals surface area contributed by atoms with Crippen LogP contribution in [0.4, 0.5) is 4.79 Å². The molecular weight excluding hydrogens is 480 g/mol. The molecule has 0 radical (unpaired) electrons. The zero-order chi connectivity index (χ0) is 28.0.